The molecule has 18 heavy (non-hydrogen) atoms. The Hall–Kier alpha value is -1.75. The number of rotatable bonds is 5. The molecule has 0 aliphatic carbocycles. The van der Waals surface area contributed by atoms with Gasteiger partial charge in [-0.05, 0) is 17.9 Å². The molecule has 1 N–H and O–H groups in total. The molecule has 0 aliphatic rings. The van der Waals surface area contributed by atoms with Crippen molar-refractivity contribution in [1.82, 2.24) is 0 Å². The summed E-state index contributed by atoms with van der Waals surface area (Å²) < 4.78 is 4.25. The summed E-state index contributed by atoms with van der Waals surface area (Å²) in [5, 5.41) is 9.68. The first-order valence-electron chi connectivity index (χ1n) is 5.34. The molecule has 0 fully saturated rings. The van der Waals surface area contributed by atoms with Crippen LogP contribution in [0.2, 0.25) is 0 Å². The summed E-state index contributed by atoms with van der Waals surface area (Å²) in [6.45, 7) is 2.05. The number of carbonyl (C=O) groups is 2. The first kappa shape index (κ1) is 14.3. The van der Waals surface area contributed by atoms with Crippen molar-refractivity contribution in [2.24, 2.45) is 0 Å². The fourth-order valence-corrected chi connectivity index (χ4v) is 1.92. The van der Waals surface area contributed by atoms with E-state index in [4.69, 9.17) is 0 Å². The maximum absolute atomic E-state index is 11.2. The van der Waals surface area contributed by atoms with E-state index in [1.165, 1.54) is 0 Å². The number of esters is 1. The average Bonchev–Trinajstić information content (AvgIpc) is 2.38. The van der Waals surface area contributed by atoms with Crippen LogP contribution in [-0.2, 0) is 14.3 Å². The second-order valence-electron chi connectivity index (χ2n) is 3.34. The molecule has 0 saturated heterocycles. The Morgan fingerprint density at radius 3 is 2.44 bits per heavy atom. The number of hydrogen-bond acceptors (Lipinski definition) is 5. The Kier molecular flexibility index (Phi) is 5.45. The fourth-order valence-electron chi connectivity index (χ4n) is 1.26. The summed E-state index contributed by atoms with van der Waals surface area (Å²) in [4.78, 5) is 23.2. The molecule has 0 radical (unpaired) electrons. The number of ether oxygens (including phenoxy) is 1. The molecule has 0 aliphatic heterocycles. The minimum atomic E-state index is -1.00. The monoisotopic (exact) mass is 266 g/mol. The van der Waals surface area contributed by atoms with Gasteiger partial charge in [-0.2, -0.15) is 0 Å². The van der Waals surface area contributed by atoms with E-state index in [1.54, 1.807) is 23.9 Å². The van der Waals surface area contributed by atoms with Gasteiger partial charge in [0.05, 0.1) is 7.11 Å². The first-order chi connectivity index (χ1) is 8.58. The van der Waals surface area contributed by atoms with Crippen LogP contribution in [0, 0.1) is 0 Å². The minimum absolute atomic E-state index is 0.251. The topological polar surface area (TPSA) is 63.6 Å². The quantitative estimate of drug-likeness (QED) is 0.291. The third-order valence-corrected chi connectivity index (χ3v) is 3.01. The third kappa shape index (κ3) is 3.92. The van der Waals surface area contributed by atoms with Gasteiger partial charge in [-0.25, -0.2) is 4.79 Å². The van der Waals surface area contributed by atoms with Crippen LogP contribution in [0.25, 0.3) is 5.76 Å². The lowest BCUT2D eigenvalue weighted by atomic mass is 10.1. The zero-order valence-corrected chi connectivity index (χ0v) is 11.0. The van der Waals surface area contributed by atoms with E-state index in [-0.39, 0.29) is 5.76 Å². The van der Waals surface area contributed by atoms with Crippen LogP contribution < -0.4 is 0 Å². The van der Waals surface area contributed by atoms with Crippen LogP contribution >= 0.6 is 11.8 Å². The van der Waals surface area contributed by atoms with E-state index < -0.39 is 11.8 Å². The number of hydrogen-bond donors (Lipinski definition) is 1. The van der Waals surface area contributed by atoms with Gasteiger partial charge in [0.2, 0.25) is 0 Å². The third-order valence-electron chi connectivity index (χ3n) is 2.12. The average molecular weight is 266 g/mol. The van der Waals surface area contributed by atoms with Crippen molar-refractivity contribution in [3.63, 3.8) is 0 Å². The maximum atomic E-state index is 11.2. The van der Waals surface area contributed by atoms with Crippen molar-refractivity contribution in [1.29, 1.82) is 0 Å². The number of aliphatic hydroxyl groups is 1. The van der Waals surface area contributed by atoms with Gasteiger partial charge in [-0.15, -0.1) is 11.8 Å². The SMILES string of the molecule is CCSc1ccc(/C(O)=C/C(=O)C(=O)OC)cc1. The van der Waals surface area contributed by atoms with Crippen molar-refractivity contribution in [3.8, 4) is 0 Å². The molecule has 1 rings (SSSR count). The molecule has 0 spiro atoms. The van der Waals surface area contributed by atoms with Gasteiger partial charge in [0, 0.05) is 16.5 Å². The molecular formula is C13H14O4S. The van der Waals surface area contributed by atoms with Crippen molar-refractivity contribution in [3.05, 3.63) is 35.9 Å². The smallest absolute Gasteiger partial charge is 0.378 e. The Morgan fingerprint density at radius 1 is 1.33 bits per heavy atom. The van der Waals surface area contributed by atoms with Crippen molar-refractivity contribution < 1.29 is 19.4 Å². The molecule has 0 saturated carbocycles. The van der Waals surface area contributed by atoms with Crippen molar-refractivity contribution in [2.45, 2.75) is 11.8 Å². The lowest BCUT2D eigenvalue weighted by Crippen LogP contribution is -2.13. The second-order valence-corrected chi connectivity index (χ2v) is 4.68. The highest BCUT2D eigenvalue weighted by Gasteiger charge is 2.12. The number of carbonyl (C=O) groups excluding carboxylic acids is 2. The van der Waals surface area contributed by atoms with E-state index in [1.807, 2.05) is 19.1 Å². The van der Waals surface area contributed by atoms with Crippen LogP contribution in [0.1, 0.15) is 12.5 Å². The zero-order valence-electron chi connectivity index (χ0n) is 10.2. The highest BCUT2D eigenvalue weighted by molar-refractivity contribution is 7.99. The summed E-state index contributed by atoms with van der Waals surface area (Å²) in [5.74, 6) is -1.18. The molecule has 1 aromatic carbocycles. The predicted molar refractivity (Wildman–Crippen MR) is 70.5 cm³/mol. The Bertz CT molecular complexity index is 462. The fraction of sp³-hybridized carbons (Fsp3) is 0.231. The Morgan fingerprint density at radius 2 is 1.94 bits per heavy atom. The number of ketones is 1. The van der Waals surface area contributed by atoms with E-state index in [0.29, 0.717) is 5.56 Å². The van der Waals surface area contributed by atoms with Crippen LogP contribution in [0.15, 0.2) is 35.2 Å². The number of aliphatic hydroxyl groups excluding tert-OH is 1. The van der Waals surface area contributed by atoms with Gasteiger partial charge in [0.25, 0.3) is 5.78 Å². The first-order valence-corrected chi connectivity index (χ1v) is 6.33. The van der Waals surface area contributed by atoms with Gasteiger partial charge in [0.15, 0.2) is 0 Å². The zero-order chi connectivity index (χ0) is 13.5. The number of thioether (sulfide) groups is 1. The van der Waals surface area contributed by atoms with Gasteiger partial charge in [0.1, 0.15) is 5.76 Å². The molecule has 0 bridgehead atoms. The van der Waals surface area contributed by atoms with Gasteiger partial charge < -0.3 is 9.84 Å². The molecule has 96 valence electrons. The van der Waals surface area contributed by atoms with E-state index >= 15 is 0 Å². The largest absolute Gasteiger partial charge is 0.507 e. The normalized spacial score (nSPS) is 11.1. The molecule has 0 heterocycles. The van der Waals surface area contributed by atoms with Gasteiger partial charge in [-0.1, -0.05) is 19.1 Å². The lowest BCUT2D eigenvalue weighted by molar-refractivity contribution is -0.149. The Balaban J connectivity index is 2.83. The highest BCUT2D eigenvalue weighted by atomic mass is 32.2. The van der Waals surface area contributed by atoms with E-state index in [9.17, 15) is 14.7 Å². The lowest BCUT2D eigenvalue weighted by Gasteiger charge is -2.02. The van der Waals surface area contributed by atoms with Crippen LogP contribution in [0.4, 0.5) is 0 Å². The maximum Gasteiger partial charge on any atom is 0.378 e. The van der Waals surface area contributed by atoms with Crippen molar-refractivity contribution in [2.75, 3.05) is 12.9 Å². The van der Waals surface area contributed by atoms with Gasteiger partial charge in [-0.3, -0.25) is 4.79 Å². The molecule has 0 amide bonds. The second kappa shape index (κ2) is 6.86. The summed E-state index contributed by atoms with van der Waals surface area (Å²) in [6.07, 6.45) is 0.855. The molecular weight excluding hydrogens is 252 g/mol. The highest BCUT2D eigenvalue weighted by Crippen LogP contribution is 2.20. The summed E-state index contributed by atoms with van der Waals surface area (Å²) >= 11 is 1.68. The molecule has 5 heteroatoms. The molecule has 1 aromatic rings. The summed E-state index contributed by atoms with van der Waals surface area (Å²) in [6, 6.07) is 7.06. The van der Waals surface area contributed by atoms with E-state index in [0.717, 1.165) is 23.8 Å². The van der Waals surface area contributed by atoms with Crippen molar-refractivity contribution >= 4 is 29.3 Å². The van der Waals surface area contributed by atoms with Crippen LogP contribution in [0.5, 0.6) is 0 Å². The van der Waals surface area contributed by atoms with Crippen LogP contribution in [-0.4, -0.2) is 29.7 Å². The van der Waals surface area contributed by atoms with Gasteiger partial charge >= 0.3 is 5.97 Å². The summed E-state index contributed by atoms with van der Waals surface area (Å²) in [5.41, 5.74) is 0.479. The predicted octanol–water partition coefficient (Wildman–Crippen LogP) is 2.44. The molecule has 0 atom stereocenters. The molecule has 0 unspecified atom stereocenters. The summed E-state index contributed by atoms with van der Waals surface area (Å²) in [7, 11) is 1.11. The van der Waals surface area contributed by atoms with Crippen LogP contribution in [0.3, 0.4) is 0 Å². The minimum Gasteiger partial charge on any atom is -0.507 e. The number of methoxy groups -OCH3 is 1. The number of benzene rings is 1. The van der Waals surface area contributed by atoms with E-state index in [2.05, 4.69) is 4.74 Å². The Labute approximate surface area is 110 Å². The molecule has 4 nitrogen and oxygen atoms in total. The molecule has 0 aromatic heterocycles. The standard InChI is InChI=1S/C13H14O4S/c1-3-18-10-6-4-9(5-7-10)11(14)8-12(15)13(16)17-2/h4-8,14H,3H2,1-2H3/b11-8-.